The van der Waals surface area contributed by atoms with Gasteiger partial charge in [0.15, 0.2) is 17.3 Å². The molecule has 0 amide bonds. The Hall–Kier alpha value is -2.30. The molecule has 0 N–H and O–H groups in total. The van der Waals surface area contributed by atoms with Crippen molar-refractivity contribution < 1.29 is 23.8 Å². The van der Waals surface area contributed by atoms with E-state index in [2.05, 4.69) is 0 Å². The van der Waals surface area contributed by atoms with Gasteiger partial charge in [-0.3, -0.25) is 9.59 Å². The molecule has 0 atom stereocenters. The molecule has 0 saturated heterocycles. The van der Waals surface area contributed by atoms with E-state index in [9.17, 15) is 9.59 Å². The number of esters is 1. The first kappa shape index (κ1) is 13.1. The van der Waals surface area contributed by atoms with Crippen LogP contribution in [0.2, 0.25) is 0 Å². The predicted molar refractivity (Wildman–Crippen MR) is 67.9 cm³/mol. The van der Waals surface area contributed by atoms with Gasteiger partial charge in [-0.1, -0.05) is 12.1 Å². The van der Waals surface area contributed by atoms with E-state index in [1.54, 1.807) is 25.1 Å². The SMILES string of the molecule is CCOC(=O)CC(=O)/C=C/c1ccc2c(c1)OCO2. The first-order chi connectivity index (χ1) is 9.19. The number of ketones is 1. The molecule has 0 spiro atoms. The Morgan fingerprint density at radius 2 is 2.11 bits per heavy atom. The molecule has 0 bridgehead atoms. The summed E-state index contributed by atoms with van der Waals surface area (Å²) in [5.41, 5.74) is 0.807. The van der Waals surface area contributed by atoms with Gasteiger partial charge in [0.25, 0.3) is 0 Å². The molecule has 5 heteroatoms. The van der Waals surface area contributed by atoms with E-state index in [1.807, 2.05) is 6.07 Å². The van der Waals surface area contributed by atoms with Gasteiger partial charge in [-0.05, 0) is 30.7 Å². The molecule has 0 fully saturated rings. The highest BCUT2D eigenvalue weighted by Gasteiger charge is 2.12. The summed E-state index contributed by atoms with van der Waals surface area (Å²) in [5, 5.41) is 0. The first-order valence-corrected chi connectivity index (χ1v) is 5.95. The highest BCUT2D eigenvalue weighted by molar-refractivity contribution is 6.03. The van der Waals surface area contributed by atoms with E-state index in [1.165, 1.54) is 6.08 Å². The van der Waals surface area contributed by atoms with Crippen LogP contribution >= 0.6 is 0 Å². The maximum atomic E-state index is 11.5. The number of ether oxygens (including phenoxy) is 3. The first-order valence-electron chi connectivity index (χ1n) is 5.95. The third-order valence-corrected chi connectivity index (χ3v) is 2.48. The molecular weight excluding hydrogens is 248 g/mol. The van der Waals surface area contributed by atoms with Gasteiger partial charge in [-0.2, -0.15) is 0 Å². The highest BCUT2D eigenvalue weighted by Crippen LogP contribution is 2.32. The van der Waals surface area contributed by atoms with Crippen LogP contribution in [-0.4, -0.2) is 25.2 Å². The molecule has 19 heavy (non-hydrogen) atoms. The third kappa shape index (κ3) is 3.58. The molecular formula is C14H14O5. The van der Waals surface area contributed by atoms with Crippen LogP contribution in [0.25, 0.3) is 6.08 Å². The van der Waals surface area contributed by atoms with E-state index in [0.717, 1.165) is 5.56 Å². The van der Waals surface area contributed by atoms with E-state index in [0.29, 0.717) is 11.5 Å². The number of hydrogen-bond acceptors (Lipinski definition) is 5. The lowest BCUT2D eigenvalue weighted by Crippen LogP contribution is -2.08. The zero-order valence-electron chi connectivity index (χ0n) is 10.5. The largest absolute Gasteiger partial charge is 0.466 e. The van der Waals surface area contributed by atoms with Gasteiger partial charge in [0.1, 0.15) is 6.42 Å². The summed E-state index contributed by atoms with van der Waals surface area (Å²) < 4.78 is 15.1. The van der Waals surface area contributed by atoms with Crippen LogP contribution in [0.1, 0.15) is 18.9 Å². The van der Waals surface area contributed by atoms with Gasteiger partial charge in [-0.25, -0.2) is 0 Å². The topological polar surface area (TPSA) is 61.8 Å². The summed E-state index contributed by atoms with van der Waals surface area (Å²) in [6, 6.07) is 5.36. The Morgan fingerprint density at radius 3 is 2.89 bits per heavy atom. The molecule has 2 rings (SSSR count). The molecule has 0 aliphatic carbocycles. The summed E-state index contributed by atoms with van der Waals surface area (Å²) >= 11 is 0. The fourth-order valence-electron chi connectivity index (χ4n) is 1.62. The molecule has 0 saturated carbocycles. The van der Waals surface area contributed by atoms with Crippen molar-refractivity contribution in [2.24, 2.45) is 0 Å². The minimum absolute atomic E-state index is 0.213. The summed E-state index contributed by atoms with van der Waals surface area (Å²) in [7, 11) is 0. The number of carbonyl (C=O) groups is 2. The Labute approximate surface area is 110 Å². The molecule has 100 valence electrons. The maximum Gasteiger partial charge on any atom is 0.313 e. The lowest BCUT2D eigenvalue weighted by atomic mass is 10.1. The highest BCUT2D eigenvalue weighted by atomic mass is 16.7. The summed E-state index contributed by atoms with van der Waals surface area (Å²) in [6.45, 7) is 2.19. The summed E-state index contributed by atoms with van der Waals surface area (Å²) in [4.78, 5) is 22.6. The van der Waals surface area contributed by atoms with Gasteiger partial charge < -0.3 is 14.2 Å². The Kier molecular flexibility index (Phi) is 4.18. The van der Waals surface area contributed by atoms with Crippen LogP contribution in [0, 0.1) is 0 Å². The number of rotatable bonds is 5. The minimum atomic E-state index is -0.511. The second-order valence-electron chi connectivity index (χ2n) is 3.89. The van der Waals surface area contributed by atoms with Crippen LogP contribution in [0.5, 0.6) is 11.5 Å². The standard InChI is InChI=1S/C14H14O5/c1-2-17-14(16)8-11(15)5-3-10-4-6-12-13(7-10)19-9-18-12/h3-7H,2,8-9H2,1H3/b5-3+. The third-order valence-electron chi connectivity index (χ3n) is 2.48. The van der Waals surface area contributed by atoms with Crippen molar-refractivity contribution in [2.75, 3.05) is 13.4 Å². The van der Waals surface area contributed by atoms with Crippen LogP contribution in [0.15, 0.2) is 24.3 Å². The molecule has 0 radical (unpaired) electrons. The van der Waals surface area contributed by atoms with Crippen molar-refractivity contribution in [2.45, 2.75) is 13.3 Å². The molecule has 1 heterocycles. The normalized spacial score (nSPS) is 12.7. The molecule has 1 aliphatic rings. The van der Waals surface area contributed by atoms with Crippen molar-refractivity contribution in [3.05, 3.63) is 29.8 Å². The number of hydrogen-bond donors (Lipinski definition) is 0. The fourth-order valence-corrected chi connectivity index (χ4v) is 1.62. The number of benzene rings is 1. The van der Waals surface area contributed by atoms with Crippen LogP contribution in [-0.2, 0) is 14.3 Å². The minimum Gasteiger partial charge on any atom is -0.466 e. The van der Waals surface area contributed by atoms with Crippen LogP contribution < -0.4 is 9.47 Å². The summed E-state index contributed by atoms with van der Waals surface area (Å²) in [5.74, 6) is 0.536. The van der Waals surface area contributed by atoms with Crippen LogP contribution in [0.4, 0.5) is 0 Å². The van der Waals surface area contributed by atoms with Crippen molar-refractivity contribution in [3.8, 4) is 11.5 Å². The van der Waals surface area contributed by atoms with Crippen LogP contribution in [0.3, 0.4) is 0 Å². The number of carbonyl (C=O) groups excluding carboxylic acids is 2. The Balaban J connectivity index is 1.95. The van der Waals surface area contributed by atoms with Crippen molar-refractivity contribution in [1.82, 2.24) is 0 Å². The summed E-state index contributed by atoms with van der Waals surface area (Å²) in [6.07, 6.45) is 2.74. The lowest BCUT2D eigenvalue weighted by Gasteiger charge is -1.99. The second kappa shape index (κ2) is 6.04. The molecule has 0 unspecified atom stereocenters. The van der Waals surface area contributed by atoms with Gasteiger partial charge in [0.05, 0.1) is 6.61 Å². The number of allylic oxidation sites excluding steroid dienone is 1. The zero-order chi connectivity index (χ0) is 13.7. The fraction of sp³-hybridized carbons (Fsp3) is 0.286. The van der Waals surface area contributed by atoms with Gasteiger partial charge >= 0.3 is 5.97 Å². The average Bonchev–Trinajstić information content (AvgIpc) is 2.83. The maximum absolute atomic E-state index is 11.5. The van der Waals surface area contributed by atoms with E-state index >= 15 is 0 Å². The Bertz CT molecular complexity index is 519. The van der Waals surface area contributed by atoms with E-state index in [4.69, 9.17) is 14.2 Å². The Morgan fingerprint density at radius 1 is 1.32 bits per heavy atom. The van der Waals surface area contributed by atoms with E-state index in [-0.39, 0.29) is 25.6 Å². The molecule has 1 aliphatic heterocycles. The van der Waals surface area contributed by atoms with Gasteiger partial charge in [-0.15, -0.1) is 0 Å². The molecule has 5 nitrogen and oxygen atoms in total. The molecule has 1 aromatic rings. The van der Waals surface area contributed by atoms with Crippen molar-refractivity contribution >= 4 is 17.8 Å². The predicted octanol–water partition coefficient (Wildman–Crippen LogP) is 1.95. The average molecular weight is 262 g/mol. The van der Waals surface area contributed by atoms with Crippen molar-refractivity contribution in [3.63, 3.8) is 0 Å². The lowest BCUT2D eigenvalue weighted by molar-refractivity contribution is -0.144. The smallest absolute Gasteiger partial charge is 0.313 e. The van der Waals surface area contributed by atoms with Crippen molar-refractivity contribution in [1.29, 1.82) is 0 Å². The molecule has 1 aromatic carbocycles. The van der Waals surface area contributed by atoms with Gasteiger partial charge in [0.2, 0.25) is 6.79 Å². The van der Waals surface area contributed by atoms with E-state index < -0.39 is 5.97 Å². The quantitative estimate of drug-likeness (QED) is 0.461. The zero-order valence-corrected chi connectivity index (χ0v) is 10.5. The monoisotopic (exact) mass is 262 g/mol. The molecule has 0 aromatic heterocycles. The van der Waals surface area contributed by atoms with Gasteiger partial charge in [0, 0.05) is 0 Å². The second-order valence-corrected chi connectivity index (χ2v) is 3.89. The number of fused-ring (bicyclic) bond motifs is 1.